The molecule has 1 nitrogen and oxygen atoms in total. The van der Waals surface area contributed by atoms with Crippen LogP contribution in [0.25, 0.3) is 53.8 Å². The van der Waals surface area contributed by atoms with Crippen LogP contribution in [-0.4, -0.2) is 4.98 Å². The number of para-hydroxylation sites is 1. The van der Waals surface area contributed by atoms with Crippen LogP contribution in [0, 0.1) is 0 Å². The molecular formula is C41H28NPS. The van der Waals surface area contributed by atoms with Gasteiger partial charge in [-0.1, -0.05) is 164 Å². The lowest BCUT2D eigenvalue weighted by Gasteiger charge is -2.19. The number of fused-ring (bicyclic) bond motifs is 3. The molecule has 0 fully saturated rings. The number of pyridine rings is 1. The van der Waals surface area contributed by atoms with E-state index in [-0.39, 0.29) is 0 Å². The molecule has 2 heterocycles. The second kappa shape index (κ2) is 11.7. The molecule has 0 atom stereocenters. The van der Waals surface area contributed by atoms with Gasteiger partial charge in [-0.2, -0.15) is 0 Å². The zero-order valence-corrected chi connectivity index (χ0v) is 25.7. The molecule has 0 N–H and O–H groups in total. The van der Waals surface area contributed by atoms with Gasteiger partial charge < -0.3 is 0 Å². The lowest BCUT2D eigenvalue weighted by Crippen LogP contribution is -2.20. The highest BCUT2D eigenvalue weighted by Crippen LogP contribution is 2.49. The average molecular weight is 598 g/mol. The van der Waals surface area contributed by atoms with Crippen LogP contribution in [0.5, 0.6) is 0 Å². The topological polar surface area (TPSA) is 12.9 Å². The normalized spacial score (nSPS) is 11.4. The van der Waals surface area contributed by atoms with Gasteiger partial charge in [0.1, 0.15) is 0 Å². The maximum absolute atomic E-state index is 5.23. The summed E-state index contributed by atoms with van der Waals surface area (Å²) in [6.07, 6.45) is 0. The number of hydrogen-bond donors (Lipinski definition) is 0. The van der Waals surface area contributed by atoms with Crippen molar-refractivity contribution in [1.82, 2.24) is 4.98 Å². The van der Waals surface area contributed by atoms with Crippen LogP contribution in [0.1, 0.15) is 0 Å². The lowest BCUT2D eigenvalue weighted by atomic mass is 9.95. The molecular weight excluding hydrogens is 569 g/mol. The van der Waals surface area contributed by atoms with E-state index in [4.69, 9.17) is 4.98 Å². The highest BCUT2D eigenvalue weighted by Gasteiger charge is 2.23. The number of thiophene rings is 1. The zero-order chi connectivity index (χ0) is 29.3. The van der Waals surface area contributed by atoms with Gasteiger partial charge in [0.05, 0.1) is 15.9 Å². The van der Waals surface area contributed by atoms with Crippen molar-refractivity contribution >= 4 is 56.2 Å². The Morgan fingerprint density at radius 3 is 1.55 bits per heavy atom. The molecule has 0 bridgehead atoms. The minimum Gasteiger partial charge on any atom is -0.246 e. The summed E-state index contributed by atoms with van der Waals surface area (Å²) >= 11 is 1.85. The summed E-state index contributed by atoms with van der Waals surface area (Å²) in [5, 5.41) is 6.53. The fraction of sp³-hybridized carbons (Fsp3) is 0. The predicted molar refractivity (Wildman–Crippen MR) is 192 cm³/mol. The van der Waals surface area contributed by atoms with E-state index in [1.807, 2.05) is 11.3 Å². The van der Waals surface area contributed by atoms with Crippen LogP contribution in [0.3, 0.4) is 0 Å². The largest absolute Gasteiger partial charge is 0.246 e. The first kappa shape index (κ1) is 26.7. The standard InChI is InChI=1S/C41H28NPS/c1-5-15-30(16-6-1)39-41-38(35-23-13-14-24-36(35)42-39)37(40(44-41)31-17-7-2-8-18-31)29-25-27-34(28-26-29)43(32-19-9-3-10-20-32)33-21-11-4-12-22-33/h1-28H. The monoisotopic (exact) mass is 597 g/mol. The Hall–Kier alpha value is -4.88. The summed E-state index contributed by atoms with van der Waals surface area (Å²) in [5.41, 5.74) is 6.94. The van der Waals surface area contributed by atoms with E-state index in [9.17, 15) is 0 Å². The van der Waals surface area contributed by atoms with Crippen LogP contribution < -0.4 is 15.9 Å². The van der Waals surface area contributed by atoms with Gasteiger partial charge >= 0.3 is 0 Å². The maximum atomic E-state index is 5.23. The van der Waals surface area contributed by atoms with Crippen molar-refractivity contribution in [2.24, 2.45) is 0 Å². The Kier molecular flexibility index (Phi) is 7.08. The molecule has 0 unspecified atom stereocenters. The molecule has 0 amide bonds. The molecule has 44 heavy (non-hydrogen) atoms. The second-order valence-corrected chi connectivity index (χ2v) is 14.0. The minimum absolute atomic E-state index is 0.673. The van der Waals surface area contributed by atoms with Crippen molar-refractivity contribution in [3.63, 3.8) is 0 Å². The van der Waals surface area contributed by atoms with E-state index in [2.05, 4.69) is 170 Å². The first-order valence-electron chi connectivity index (χ1n) is 14.8. The van der Waals surface area contributed by atoms with E-state index in [0.717, 1.165) is 16.8 Å². The summed E-state index contributed by atoms with van der Waals surface area (Å²) < 4.78 is 1.23. The van der Waals surface area contributed by atoms with Gasteiger partial charge in [-0.15, -0.1) is 11.3 Å². The van der Waals surface area contributed by atoms with Gasteiger partial charge in [-0.05, 0) is 41.0 Å². The third kappa shape index (κ3) is 4.83. The quantitative estimate of drug-likeness (QED) is 0.174. The van der Waals surface area contributed by atoms with Crippen molar-refractivity contribution in [2.45, 2.75) is 0 Å². The Morgan fingerprint density at radius 1 is 0.432 bits per heavy atom. The summed E-state index contributed by atoms with van der Waals surface area (Å²) in [6, 6.07) is 61.2. The summed E-state index contributed by atoms with van der Waals surface area (Å²) in [7, 11) is -0.673. The Balaban J connectivity index is 1.38. The molecule has 208 valence electrons. The summed E-state index contributed by atoms with van der Waals surface area (Å²) in [5.74, 6) is 0. The molecule has 2 aromatic heterocycles. The van der Waals surface area contributed by atoms with Crippen LogP contribution in [0.4, 0.5) is 0 Å². The van der Waals surface area contributed by atoms with Gasteiger partial charge in [0.25, 0.3) is 0 Å². The predicted octanol–water partition coefficient (Wildman–Crippen LogP) is 10.2. The molecule has 0 aliphatic carbocycles. The minimum atomic E-state index is -0.673. The fourth-order valence-corrected chi connectivity index (χ4v) is 9.68. The molecule has 0 aliphatic heterocycles. The molecule has 8 rings (SSSR count). The fourth-order valence-electron chi connectivity index (χ4n) is 6.05. The van der Waals surface area contributed by atoms with Crippen LogP contribution in [-0.2, 0) is 0 Å². The van der Waals surface area contributed by atoms with Crippen molar-refractivity contribution in [3.05, 3.63) is 170 Å². The van der Waals surface area contributed by atoms with Gasteiger partial charge in [0, 0.05) is 26.8 Å². The molecule has 8 aromatic rings. The van der Waals surface area contributed by atoms with Crippen molar-refractivity contribution in [1.29, 1.82) is 0 Å². The number of benzene rings is 6. The number of nitrogens with zero attached hydrogens (tertiary/aromatic N) is 1. The van der Waals surface area contributed by atoms with Gasteiger partial charge in [0.2, 0.25) is 0 Å². The molecule has 0 spiro atoms. The first-order chi connectivity index (χ1) is 21.8. The Morgan fingerprint density at radius 2 is 0.932 bits per heavy atom. The highest BCUT2D eigenvalue weighted by molar-refractivity contribution is 7.79. The first-order valence-corrected chi connectivity index (χ1v) is 17.0. The third-order valence-electron chi connectivity index (χ3n) is 8.06. The molecule has 3 heteroatoms. The summed E-state index contributed by atoms with van der Waals surface area (Å²) in [4.78, 5) is 6.51. The van der Waals surface area contributed by atoms with E-state index in [1.54, 1.807) is 0 Å². The van der Waals surface area contributed by atoms with E-state index in [1.165, 1.54) is 53.0 Å². The van der Waals surface area contributed by atoms with Crippen LogP contribution >= 0.6 is 19.3 Å². The SMILES string of the molecule is c1ccc(-c2sc3c(-c4ccccc4)nc4ccccc4c3c2-c2ccc(P(c3ccccc3)c3ccccc3)cc2)cc1. The number of aromatic nitrogens is 1. The molecule has 0 aliphatic rings. The van der Waals surface area contributed by atoms with Gasteiger partial charge in [-0.25, -0.2) is 4.98 Å². The second-order valence-electron chi connectivity index (χ2n) is 10.8. The summed E-state index contributed by atoms with van der Waals surface area (Å²) in [6.45, 7) is 0. The molecule has 0 saturated carbocycles. The van der Waals surface area contributed by atoms with Crippen molar-refractivity contribution in [3.8, 4) is 32.8 Å². The Labute approximate surface area is 262 Å². The van der Waals surface area contributed by atoms with Crippen LogP contribution in [0.2, 0.25) is 0 Å². The van der Waals surface area contributed by atoms with Crippen molar-refractivity contribution in [2.75, 3.05) is 0 Å². The van der Waals surface area contributed by atoms with Gasteiger partial charge in [0.15, 0.2) is 0 Å². The average Bonchev–Trinajstić information content (AvgIpc) is 3.51. The number of rotatable bonds is 6. The highest BCUT2D eigenvalue weighted by atomic mass is 32.1. The van der Waals surface area contributed by atoms with Crippen molar-refractivity contribution < 1.29 is 0 Å². The number of hydrogen-bond acceptors (Lipinski definition) is 2. The van der Waals surface area contributed by atoms with Gasteiger partial charge in [-0.3, -0.25) is 0 Å². The zero-order valence-electron chi connectivity index (χ0n) is 24.0. The Bertz CT molecular complexity index is 2150. The smallest absolute Gasteiger partial charge is 0.0888 e. The van der Waals surface area contributed by atoms with Crippen LogP contribution in [0.15, 0.2) is 170 Å². The lowest BCUT2D eigenvalue weighted by molar-refractivity contribution is 1.44. The molecule has 0 radical (unpaired) electrons. The molecule has 0 saturated heterocycles. The van der Waals surface area contributed by atoms with E-state index >= 15 is 0 Å². The van der Waals surface area contributed by atoms with E-state index < -0.39 is 7.92 Å². The molecule has 6 aromatic carbocycles. The third-order valence-corrected chi connectivity index (χ3v) is 11.7. The van der Waals surface area contributed by atoms with E-state index in [0.29, 0.717) is 0 Å². The maximum Gasteiger partial charge on any atom is 0.0888 e.